The number of nitrogens with one attached hydrogen (secondary N) is 1. The van der Waals surface area contributed by atoms with Gasteiger partial charge in [-0.25, -0.2) is 0 Å². The molecule has 1 atom stereocenters. The molecule has 0 saturated heterocycles. The van der Waals surface area contributed by atoms with Crippen LogP contribution in [0, 0.1) is 5.92 Å². The summed E-state index contributed by atoms with van der Waals surface area (Å²) in [5.41, 5.74) is 2.88. The van der Waals surface area contributed by atoms with Gasteiger partial charge in [0.2, 0.25) is 0 Å². The van der Waals surface area contributed by atoms with Crippen LogP contribution in [0.2, 0.25) is 10.0 Å². The van der Waals surface area contributed by atoms with Gasteiger partial charge < -0.3 is 15.2 Å². The highest BCUT2D eigenvalue weighted by atomic mass is 79.9. The summed E-state index contributed by atoms with van der Waals surface area (Å²) in [6.07, 6.45) is 2.69. The average Bonchev–Trinajstić information content (AvgIpc) is 3.05. The summed E-state index contributed by atoms with van der Waals surface area (Å²) in [6.45, 7) is 4.98. The van der Waals surface area contributed by atoms with Crippen molar-refractivity contribution in [3.05, 3.63) is 62.0 Å². The minimum atomic E-state index is -0.640. The Morgan fingerprint density at radius 2 is 1.79 bits per heavy atom. The van der Waals surface area contributed by atoms with Crippen LogP contribution >= 0.6 is 39.1 Å². The van der Waals surface area contributed by atoms with Crippen LogP contribution in [-0.2, 0) is 12.8 Å². The monoisotopic (exact) mass is 485 g/mol. The van der Waals surface area contributed by atoms with Gasteiger partial charge >= 0.3 is 0 Å². The van der Waals surface area contributed by atoms with Crippen molar-refractivity contribution in [3.8, 4) is 5.75 Å². The Hall–Kier alpha value is -0.780. The molecule has 0 saturated carbocycles. The smallest absolute Gasteiger partial charge is 0.139 e. The van der Waals surface area contributed by atoms with Crippen LogP contribution in [0.15, 0.2) is 40.9 Å². The van der Waals surface area contributed by atoms with Gasteiger partial charge in [0.05, 0.1) is 5.02 Å². The van der Waals surface area contributed by atoms with Crippen molar-refractivity contribution in [1.82, 2.24) is 5.32 Å². The van der Waals surface area contributed by atoms with E-state index in [1.54, 1.807) is 12.1 Å². The molecule has 0 aliphatic heterocycles. The van der Waals surface area contributed by atoms with Gasteiger partial charge in [0.25, 0.3) is 0 Å². The third kappa shape index (κ3) is 5.64. The predicted octanol–water partition coefficient (Wildman–Crippen LogP) is 5.67. The van der Waals surface area contributed by atoms with E-state index in [0.29, 0.717) is 32.7 Å². The number of hydrogen-bond acceptors (Lipinski definition) is 3. The fraction of sp³-hybridized carbons (Fsp3) is 0.455. The van der Waals surface area contributed by atoms with Crippen molar-refractivity contribution < 1.29 is 9.84 Å². The lowest BCUT2D eigenvalue weighted by Crippen LogP contribution is -2.46. The number of halogens is 3. The molecule has 0 spiro atoms. The molecule has 0 fully saturated rings. The topological polar surface area (TPSA) is 41.5 Å². The van der Waals surface area contributed by atoms with Crippen molar-refractivity contribution in [2.75, 3.05) is 13.2 Å². The van der Waals surface area contributed by atoms with Gasteiger partial charge in [-0.2, -0.15) is 0 Å². The second kappa shape index (κ2) is 9.36. The Labute approximate surface area is 185 Å². The molecular weight excluding hydrogens is 461 g/mol. The Morgan fingerprint density at radius 1 is 1.14 bits per heavy atom. The van der Waals surface area contributed by atoms with Crippen molar-refractivity contribution in [2.45, 2.75) is 44.8 Å². The first-order chi connectivity index (χ1) is 13.2. The maximum absolute atomic E-state index is 10.3. The van der Waals surface area contributed by atoms with Crippen LogP contribution in [-0.4, -0.2) is 29.9 Å². The molecule has 0 unspecified atom stereocenters. The van der Waals surface area contributed by atoms with Crippen LogP contribution in [0.5, 0.6) is 5.75 Å². The van der Waals surface area contributed by atoms with E-state index in [1.165, 1.54) is 11.1 Å². The lowest BCUT2D eigenvalue weighted by Gasteiger charge is -2.30. The lowest BCUT2D eigenvalue weighted by molar-refractivity contribution is 0.0966. The van der Waals surface area contributed by atoms with E-state index in [1.807, 2.05) is 0 Å². The van der Waals surface area contributed by atoms with Gasteiger partial charge in [0.15, 0.2) is 0 Å². The number of fused-ring (bicyclic) bond motifs is 1. The summed E-state index contributed by atoms with van der Waals surface area (Å²) in [7, 11) is 0. The Bertz CT molecular complexity index is 803. The number of aliphatic hydroxyl groups excluding tert-OH is 1. The SMILES string of the molecule is CC(C)(CC1Cc2ccccc2C1)NC[C@@H](O)COc1ccc(Br)c(Cl)c1Cl. The highest BCUT2D eigenvalue weighted by Gasteiger charge is 2.28. The molecule has 0 amide bonds. The van der Waals surface area contributed by atoms with Gasteiger partial charge in [-0.3, -0.25) is 0 Å². The van der Waals surface area contributed by atoms with E-state index in [-0.39, 0.29) is 12.1 Å². The van der Waals surface area contributed by atoms with Gasteiger partial charge in [0, 0.05) is 16.6 Å². The molecule has 1 aliphatic rings. The minimum Gasteiger partial charge on any atom is -0.489 e. The van der Waals surface area contributed by atoms with E-state index in [9.17, 15) is 5.11 Å². The summed E-state index contributed by atoms with van der Waals surface area (Å²) in [5.74, 6) is 1.11. The second-order valence-corrected chi connectivity index (χ2v) is 9.76. The highest BCUT2D eigenvalue weighted by molar-refractivity contribution is 9.10. The van der Waals surface area contributed by atoms with Crippen LogP contribution in [0.4, 0.5) is 0 Å². The van der Waals surface area contributed by atoms with Crippen LogP contribution in [0.1, 0.15) is 31.4 Å². The summed E-state index contributed by atoms with van der Waals surface area (Å²) in [5, 5.41) is 14.6. The maximum Gasteiger partial charge on any atom is 0.139 e. The number of aliphatic hydroxyl groups is 1. The predicted molar refractivity (Wildman–Crippen MR) is 120 cm³/mol. The van der Waals surface area contributed by atoms with Crippen molar-refractivity contribution in [2.24, 2.45) is 5.92 Å². The molecule has 1 aliphatic carbocycles. The first kappa shape index (κ1) is 21.9. The van der Waals surface area contributed by atoms with Crippen molar-refractivity contribution in [1.29, 1.82) is 0 Å². The Balaban J connectivity index is 1.45. The molecule has 2 N–H and O–H groups in total. The second-order valence-electron chi connectivity index (χ2n) is 8.15. The molecule has 2 aromatic carbocycles. The first-order valence-corrected chi connectivity index (χ1v) is 11.1. The number of rotatable bonds is 8. The average molecular weight is 487 g/mol. The lowest BCUT2D eigenvalue weighted by atomic mass is 9.88. The van der Waals surface area contributed by atoms with Gasteiger partial charge in [-0.1, -0.05) is 47.5 Å². The third-order valence-corrected chi connectivity index (χ3v) is 6.94. The van der Waals surface area contributed by atoms with Crippen molar-refractivity contribution >= 4 is 39.1 Å². The molecule has 6 heteroatoms. The van der Waals surface area contributed by atoms with Crippen LogP contribution < -0.4 is 10.1 Å². The number of ether oxygens (including phenoxy) is 1. The standard InChI is InChI=1S/C22H26BrCl2NO2/c1-22(2,11-14-9-15-5-3-4-6-16(15)10-14)26-12-17(27)13-28-19-8-7-18(23)20(24)21(19)25/h3-8,14,17,26-27H,9-13H2,1-2H3/t17-/m1/s1. The fourth-order valence-electron chi connectivity index (χ4n) is 3.85. The molecule has 28 heavy (non-hydrogen) atoms. The molecule has 0 heterocycles. The largest absolute Gasteiger partial charge is 0.489 e. The normalized spacial score (nSPS) is 15.5. The van der Waals surface area contributed by atoms with E-state index in [4.69, 9.17) is 27.9 Å². The summed E-state index contributed by atoms with van der Waals surface area (Å²) in [6, 6.07) is 12.2. The van der Waals surface area contributed by atoms with E-state index in [0.717, 1.165) is 19.3 Å². The zero-order valence-corrected chi connectivity index (χ0v) is 19.2. The minimum absolute atomic E-state index is 0.0632. The molecule has 3 rings (SSSR count). The number of benzene rings is 2. The van der Waals surface area contributed by atoms with Crippen LogP contribution in [0.25, 0.3) is 0 Å². The van der Waals surface area contributed by atoms with E-state index >= 15 is 0 Å². The zero-order valence-electron chi connectivity index (χ0n) is 16.1. The maximum atomic E-state index is 10.3. The Morgan fingerprint density at radius 3 is 2.43 bits per heavy atom. The molecule has 0 radical (unpaired) electrons. The van der Waals surface area contributed by atoms with Gasteiger partial charge in [-0.15, -0.1) is 0 Å². The fourth-order valence-corrected chi connectivity index (χ4v) is 4.67. The molecule has 0 aromatic heterocycles. The van der Waals surface area contributed by atoms with E-state index in [2.05, 4.69) is 59.4 Å². The zero-order chi connectivity index (χ0) is 20.3. The van der Waals surface area contributed by atoms with Crippen LogP contribution in [0.3, 0.4) is 0 Å². The number of hydrogen-bond donors (Lipinski definition) is 2. The summed E-state index contributed by atoms with van der Waals surface area (Å²) in [4.78, 5) is 0. The summed E-state index contributed by atoms with van der Waals surface area (Å²) < 4.78 is 6.36. The first-order valence-electron chi connectivity index (χ1n) is 9.51. The van der Waals surface area contributed by atoms with Gasteiger partial charge in [0.1, 0.15) is 23.5 Å². The quantitative estimate of drug-likeness (QED) is 0.472. The summed E-state index contributed by atoms with van der Waals surface area (Å²) >= 11 is 15.6. The highest BCUT2D eigenvalue weighted by Crippen LogP contribution is 2.37. The number of β-amino-alcohol motifs (C(OH)–C–C–N with tert-alkyl or cyclic N) is 1. The van der Waals surface area contributed by atoms with Crippen molar-refractivity contribution in [3.63, 3.8) is 0 Å². The molecule has 3 nitrogen and oxygen atoms in total. The Kier molecular flexibility index (Phi) is 7.32. The third-order valence-electron chi connectivity index (χ3n) is 5.18. The molecule has 0 bridgehead atoms. The molecule has 152 valence electrons. The molecular formula is C22H26BrCl2NO2. The molecule has 2 aromatic rings. The van der Waals surface area contributed by atoms with E-state index < -0.39 is 6.10 Å². The van der Waals surface area contributed by atoms with Gasteiger partial charge in [-0.05, 0) is 78.2 Å².